The summed E-state index contributed by atoms with van der Waals surface area (Å²) in [6.45, 7) is 3.27. The topological polar surface area (TPSA) is 29.5 Å². The maximum Gasteiger partial charge on any atom is 0.316 e. The Bertz CT molecular complexity index is 349. The Morgan fingerprint density at radius 3 is 2.53 bits per heavy atom. The second kappa shape index (κ2) is 7.35. The third-order valence-corrected chi connectivity index (χ3v) is 3.16. The van der Waals surface area contributed by atoms with Crippen LogP contribution in [0.15, 0.2) is 29.2 Å². The minimum atomic E-state index is -0.155. The number of ether oxygens (including phenoxy) is 1. The predicted octanol–water partition coefficient (Wildman–Crippen LogP) is 2.19. The smallest absolute Gasteiger partial charge is 0.316 e. The Kier molecular flexibility index (Phi) is 6.08. The number of carbonyl (C=O) groups is 1. The van der Waals surface area contributed by atoms with Crippen molar-refractivity contribution in [1.82, 2.24) is 4.90 Å². The van der Waals surface area contributed by atoms with Crippen molar-refractivity contribution in [3.8, 4) is 0 Å². The standard InChI is InChI=1S/C13H19NO2S/c1-11-4-6-12(7-5-11)17-10-13(15)16-9-8-14(2)3/h4-7H,8-10H2,1-3H3. The number of benzene rings is 1. The first kappa shape index (κ1) is 14.1. The fraction of sp³-hybridized carbons (Fsp3) is 0.462. The number of esters is 1. The van der Waals surface area contributed by atoms with Gasteiger partial charge in [0.15, 0.2) is 0 Å². The van der Waals surface area contributed by atoms with Crippen LogP contribution in [0.4, 0.5) is 0 Å². The molecule has 0 aliphatic heterocycles. The first-order chi connectivity index (χ1) is 8.08. The lowest BCUT2D eigenvalue weighted by Crippen LogP contribution is -2.20. The predicted molar refractivity (Wildman–Crippen MR) is 71.4 cm³/mol. The van der Waals surface area contributed by atoms with E-state index in [1.165, 1.54) is 17.3 Å². The Balaban J connectivity index is 2.21. The van der Waals surface area contributed by atoms with E-state index in [9.17, 15) is 4.79 Å². The molecule has 0 amide bonds. The van der Waals surface area contributed by atoms with Crippen molar-refractivity contribution in [3.05, 3.63) is 29.8 Å². The zero-order valence-corrected chi connectivity index (χ0v) is 11.4. The molecule has 17 heavy (non-hydrogen) atoms. The van der Waals surface area contributed by atoms with Crippen LogP contribution in [-0.4, -0.2) is 43.9 Å². The molecule has 94 valence electrons. The molecule has 3 nitrogen and oxygen atoms in total. The lowest BCUT2D eigenvalue weighted by atomic mass is 10.2. The minimum absolute atomic E-state index is 0.155. The number of likely N-dealkylation sites (N-methyl/N-ethyl adjacent to an activating group) is 1. The minimum Gasteiger partial charge on any atom is -0.464 e. The van der Waals surface area contributed by atoms with E-state index in [0.717, 1.165) is 11.4 Å². The normalized spacial score (nSPS) is 10.6. The molecule has 1 aromatic carbocycles. The maximum absolute atomic E-state index is 11.4. The Morgan fingerprint density at radius 1 is 1.29 bits per heavy atom. The third-order valence-electron chi connectivity index (χ3n) is 2.18. The van der Waals surface area contributed by atoms with Crippen LogP contribution in [0, 0.1) is 6.92 Å². The van der Waals surface area contributed by atoms with Gasteiger partial charge < -0.3 is 9.64 Å². The summed E-state index contributed by atoms with van der Waals surface area (Å²) in [5, 5.41) is 0. The van der Waals surface area contributed by atoms with Gasteiger partial charge in [-0.3, -0.25) is 4.79 Å². The maximum atomic E-state index is 11.4. The van der Waals surface area contributed by atoms with E-state index in [1.807, 2.05) is 50.2 Å². The Hall–Kier alpha value is -1.00. The highest BCUT2D eigenvalue weighted by atomic mass is 32.2. The molecule has 0 spiro atoms. The van der Waals surface area contributed by atoms with E-state index < -0.39 is 0 Å². The number of aryl methyl sites for hydroxylation is 1. The molecule has 4 heteroatoms. The number of hydrogen-bond donors (Lipinski definition) is 0. The first-order valence-corrected chi connectivity index (χ1v) is 6.56. The van der Waals surface area contributed by atoms with Crippen LogP contribution in [0.2, 0.25) is 0 Å². The summed E-state index contributed by atoms with van der Waals surface area (Å²) in [5.41, 5.74) is 1.22. The van der Waals surface area contributed by atoms with Gasteiger partial charge in [0.1, 0.15) is 6.61 Å². The summed E-state index contributed by atoms with van der Waals surface area (Å²) < 4.78 is 5.10. The van der Waals surface area contributed by atoms with Crippen LogP contribution in [0.1, 0.15) is 5.56 Å². The molecule has 0 heterocycles. The van der Waals surface area contributed by atoms with Gasteiger partial charge >= 0.3 is 5.97 Å². The number of nitrogens with zero attached hydrogens (tertiary/aromatic N) is 1. The van der Waals surface area contributed by atoms with Crippen LogP contribution in [-0.2, 0) is 9.53 Å². The van der Waals surface area contributed by atoms with Crippen LogP contribution < -0.4 is 0 Å². The summed E-state index contributed by atoms with van der Waals surface area (Å²) in [6.07, 6.45) is 0. The molecule has 0 aromatic heterocycles. The molecule has 0 bridgehead atoms. The molecule has 1 aromatic rings. The SMILES string of the molecule is Cc1ccc(SCC(=O)OCCN(C)C)cc1. The van der Waals surface area contributed by atoms with E-state index in [0.29, 0.717) is 12.4 Å². The van der Waals surface area contributed by atoms with Crippen molar-refractivity contribution in [2.75, 3.05) is 33.0 Å². The number of thioether (sulfide) groups is 1. The third kappa shape index (κ3) is 6.34. The van der Waals surface area contributed by atoms with E-state index in [1.54, 1.807) is 0 Å². The number of hydrogen-bond acceptors (Lipinski definition) is 4. The molecule has 0 saturated carbocycles. The zero-order chi connectivity index (χ0) is 12.7. The van der Waals surface area contributed by atoms with Gasteiger partial charge in [-0.2, -0.15) is 0 Å². The lowest BCUT2D eigenvalue weighted by molar-refractivity contribution is -0.140. The van der Waals surface area contributed by atoms with Crippen LogP contribution >= 0.6 is 11.8 Å². The molecule has 0 saturated heterocycles. The molecule has 0 aliphatic carbocycles. The van der Waals surface area contributed by atoms with Gasteiger partial charge in [-0.25, -0.2) is 0 Å². The fourth-order valence-electron chi connectivity index (χ4n) is 1.16. The summed E-state index contributed by atoms with van der Waals surface area (Å²) in [6, 6.07) is 8.12. The van der Waals surface area contributed by atoms with Gasteiger partial charge in [0.25, 0.3) is 0 Å². The van der Waals surface area contributed by atoms with Crippen molar-refractivity contribution in [3.63, 3.8) is 0 Å². The van der Waals surface area contributed by atoms with Crippen molar-refractivity contribution in [1.29, 1.82) is 0 Å². The van der Waals surface area contributed by atoms with Gasteiger partial charge in [-0.05, 0) is 33.2 Å². The van der Waals surface area contributed by atoms with Crippen molar-refractivity contribution < 1.29 is 9.53 Å². The summed E-state index contributed by atoms with van der Waals surface area (Å²) in [5.74, 6) is 0.216. The quantitative estimate of drug-likeness (QED) is 0.574. The second-order valence-corrected chi connectivity index (χ2v) is 5.17. The highest BCUT2D eigenvalue weighted by molar-refractivity contribution is 8.00. The molecule has 0 radical (unpaired) electrons. The fourth-order valence-corrected chi connectivity index (χ4v) is 1.86. The second-order valence-electron chi connectivity index (χ2n) is 4.13. The highest BCUT2D eigenvalue weighted by Crippen LogP contribution is 2.18. The van der Waals surface area contributed by atoms with E-state index in [-0.39, 0.29) is 5.97 Å². The summed E-state index contributed by atoms with van der Waals surface area (Å²) in [7, 11) is 3.91. The molecule has 0 aliphatic rings. The van der Waals surface area contributed by atoms with Gasteiger partial charge in [0.2, 0.25) is 0 Å². The Labute approximate surface area is 107 Å². The average molecular weight is 253 g/mol. The van der Waals surface area contributed by atoms with Gasteiger partial charge in [-0.15, -0.1) is 11.8 Å². The van der Waals surface area contributed by atoms with Crippen molar-refractivity contribution in [2.24, 2.45) is 0 Å². The molecule has 0 N–H and O–H groups in total. The molecule has 0 unspecified atom stereocenters. The van der Waals surface area contributed by atoms with Gasteiger partial charge in [0, 0.05) is 11.4 Å². The van der Waals surface area contributed by atoms with Gasteiger partial charge in [-0.1, -0.05) is 17.7 Å². The summed E-state index contributed by atoms with van der Waals surface area (Å²) >= 11 is 1.51. The van der Waals surface area contributed by atoms with Crippen LogP contribution in [0.5, 0.6) is 0 Å². The average Bonchev–Trinajstić information content (AvgIpc) is 2.28. The molecular weight excluding hydrogens is 234 g/mol. The summed E-state index contributed by atoms with van der Waals surface area (Å²) in [4.78, 5) is 14.5. The number of carbonyl (C=O) groups excluding carboxylic acids is 1. The first-order valence-electron chi connectivity index (χ1n) is 5.58. The molecule has 0 fully saturated rings. The van der Waals surface area contributed by atoms with Crippen LogP contribution in [0.25, 0.3) is 0 Å². The largest absolute Gasteiger partial charge is 0.464 e. The van der Waals surface area contributed by atoms with Crippen molar-refractivity contribution in [2.45, 2.75) is 11.8 Å². The van der Waals surface area contributed by atoms with E-state index >= 15 is 0 Å². The molecule has 1 rings (SSSR count). The monoisotopic (exact) mass is 253 g/mol. The lowest BCUT2D eigenvalue weighted by Gasteiger charge is -2.09. The zero-order valence-electron chi connectivity index (χ0n) is 10.6. The molecular formula is C13H19NO2S. The Morgan fingerprint density at radius 2 is 1.94 bits per heavy atom. The van der Waals surface area contributed by atoms with Crippen molar-refractivity contribution >= 4 is 17.7 Å². The van der Waals surface area contributed by atoms with E-state index in [2.05, 4.69) is 0 Å². The van der Waals surface area contributed by atoms with Gasteiger partial charge in [0.05, 0.1) is 5.75 Å². The van der Waals surface area contributed by atoms with Crippen LogP contribution in [0.3, 0.4) is 0 Å². The molecule has 0 atom stereocenters. The highest BCUT2D eigenvalue weighted by Gasteiger charge is 2.04. The number of rotatable bonds is 6. The van der Waals surface area contributed by atoms with E-state index in [4.69, 9.17) is 4.74 Å².